The Morgan fingerprint density at radius 1 is 1.26 bits per heavy atom. The van der Waals surface area contributed by atoms with Crippen molar-refractivity contribution in [3.05, 3.63) is 0 Å². The zero-order valence-corrected chi connectivity index (χ0v) is 11.3. The van der Waals surface area contributed by atoms with Crippen LogP contribution in [0.25, 0.3) is 0 Å². The van der Waals surface area contributed by atoms with Crippen molar-refractivity contribution in [2.24, 2.45) is 17.8 Å². The average Bonchev–Trinajstić information content (AvgIpc) is 2.31. The number of amides is 2. The van der Waals surface area contributed by atoms with Gasteiger partial charge in [0, 0.05) is 18.8 Å². The van der Waals surface area contributed by atoms with Crippen LogP contribution in [-0.4, -0.2) is 34.2 Å². The summed E-state index contributed by atoms with van der Waals surface area (Å²) in [4.78, 5) is 22.6. The van der Waals surface area contributed by atoms with E-state index < -0.39 is 12.2 Å². The molecule has 19 heavy (non-hydrogen) atoms. The van der Waals surface area contributed by atoms with E-state index in [9.17, 15) is 19.8 Å². The number of imide groups is 1. The van der Waals surface area contributed by atoms with Crippen LogP contribution < -0.4 is 5.32 Å². The first kappa shape index (κ1) is 14.5. The molecule has 0 aromatic carbocycles. The first-order valence-corrected chi connectivity index (χ1v) is 7.16. The molecule has 2 amide bonds. The Bertz CT molecular complexity index is 341. The van der Waals surface area contributed by atoms with Gasteiger partial charge in [-0.3, -0.25) is 14.9 Å². The second-order valence-corrected chi connectivity index (χ2v) is 6.11. The van der Waals surface area contributed by atoms with E-state index in [2.05, 4.69) is 5.32 Å². The summed E-state index contributed by atoms with van der Waals surface area (Å²) in [6, 6.07) is 0. The number of carbonyl (C=O) groups excluding carboxylic acids is 2. The van der Waals surface area contributed by atoms with Gasteiger partial charge in [0.15, 0.2) is 0 Å². The number of aliphatic hydroxyl groups excluding tert-OH is 2. The molecule has 3 N–H and O–H groups in total. The topological polar surface area (TPSA) is 86.6 Å². The molecule has 0 unspecified atom stereocenters. The van der Waals surface area contributed by atoms with Crippen LogP contribution in [0.2, 0.25) is 0 Å². The minimum absolute atomic E-state index is 0.0966. The SMILES string of the molecule is C[C@H]1CCC[C@H]([C@H](O)CC2CC(=O)NC(=O)C2)[C@@H]1O. The lowest BCUT2D eigenvalue weighted by Crippen LogP contribution is -2.43. The van der Waals surface area contributed by atoms with Gasteiger partial charge in [0.25, 0.3) is 0 Å². The maximum Gasteiger partial charge on any atom is 0.226 e. The molecule has 1 heterocycles. The standard InChI is InChI=1S/C14H23NO4/c1-8-3-2-4-10(14(8)19)11(16)5-9-6-12(17)15-13(18)7-9/h8-11,14,16,19H,2-7H2,1H3,(H,15,17,18)/t8-,10+,11+,14+/m0/s1. The molecular formula is C14H23NO4. The highest BCUT2D eigenvalue weighted by Crippen LogP contribution is 2.34. The summed E-state index contributed by atoms with van der Waals surface area (Å²) in [5, 5.41) is 22.7. The van der Waals surface area contributed by atoms with Gasteiger partial charge in [0.2, 0.25) is 11.8 Å². The lowest BCUT2D eigenvalue weighted by atomic mass is 9.74. The maximum atomic E-state index is 11.3. The second-order valence-electron chi connectivity index (χ2n) is 6.11. The molecule has 2 fully saturated rings. The molecule has 5 heteroatoms. The number of carbonyl (C=O) groups is 2. The van der Waals surface area contributed by atoms with Crippen molar-refractivity contribution in [2.75, 3.05) is 0 Å². The summed E-state index contributed by atoms with van der Waals surface area (Å²) in [5.41, 5.74) is 0. The van der Waals surface area contributed by atoms with E-state index in [0.717, 1.165) is 19.3 Å². The van der Waals surface area contributed by atoms with Crippen LogP contribution in [-0.2, 0) is 9.59 Å². The summed E-state index contributed by atoms with van der Waals surface area (Å²) >= 11 is 0. The number of aliphatic hydroxyl groups is 2. The fourth-order valence-corrected chi connectivity index (χ4v) is 3.40. The van der Waals surface area contributed by atoms with E-state index in [1.54, 1.807) is 0 Å². The van der Waals surface area contributed by atoms with Gasteiger partial charge in [0.05, 0.1) is 12.2 Å². The van der Waals surface area contributed by atoms with Gasteiger partial charge >= 0.3 is 0 Å². The maximum absolute atomic E-state index is 11.3. The minimum Gasteiger partial charge on any atom is -0.393 e. The molecule has 1 aliphatic carbocycles. The summed E-state index contributed by atoms with van der Waals surface area (Å²) in [6.45, 7) is 2.00. The van der Waals surface area contributed by atoms with Gasteiger partial charge in [0.1, 0.15) is 0 Å². The van der Waals surface area contributed by atoms with Crippen LogP contribution in [0, 0.1) is 17.8 Å². The number of piperidine rings is 1. The first-order valence-electron chi connectivity index (χ1n) is 7.16. The van der Waals surface area contributed by atoms with E-state index in [0.29, 0.717) is 19.3 Å². The van der Waals surface area contributed by atoms with Gasteiger partial charge in [-0.2, -0.15) is 0 Å². The smallest absolute Gasteiger partial charge is 0.226 e. The van der Waals surface area contributed by atoms with E-state index in [4.69, 9.17) is 0 Å². The lowest BCUT2D eigenvalue weighted by molar-refractivity contribution is -0.135. The Labute approximate surface area is 113 Å². The lowest BCUT2D eigenvalue weighted by Gasteiger charge is -2.37. The fourth-order valence-electron chi connectivity index (χ4n) is 3.40. The molecule has 0 bridgehead atoms. The zero-order chi connectivity index (χ0) is 14.0. The number of hydrogen-bond acceptors (Lipinski definition) is 4. The quantitative estimate of drug-likeness (QED) is 0.654. The Morgan fingerprint density at radius 3 is 2.53 bits per heavy atom. The summed E-state index contributed by atoms with van der Waals surface area (Å²) in [7, 11) is 0. The van der Waals surface area contributed by atoms with Crippen LogP contribution in [0.4, 0.5) is 0 Å². The predicted octanol–water partition coefficient (Wildman–Crippen LogP) is 0.587. The van der Waals surface area contributed by atoms with E-state index in [1.165, 1.54) is 0 Å². The summed E-state index contributed by atoms with van der Waals surface area (Å²) in [6.07, 6.45) is 2.74. The highest BCUT2D eigenvalue weighted by molar-refractivity contribution is 5.97. The van der Waals surface area contributed by atoms with Gasteiger partial charge in [-0.25, -0.2) is 0 Å². The van der Waals surface area contributed by atoms with Crippen molar-refractivity contribution in [1.29, 1.82) is 0 Å². The molecule has 1 saturated heterocycles. The molecule has 0 aromatic heterocycles. The number of hydrogen-bond donors (Lipinski definition) is 3. The van der Waals surface area contributed by atoms with Crippen LogP contribution in [0.15, 0.2) is 0 Å². The Hall–Kier alpha value is -0.940. The molecule has 4 atom stereocenters. The average molecular weight is 269 g/mol. The van der Waals surface area contributed by atoms with Gasteiger partial charge in [-0.05, 0) is 31.1 Å². The molecular weight excluding hydrogens is 246 g/mol. The van der Waals surface area contributed by atoms with Gasteiger partial charge in [-0.15, -0.1) is 0 Å². The summed E-state index contributed by atoms with van der Waals surface area (Å²) < 4.78 is 0. The Morgan fingerprint density at radius 2 is 1.89 bits per heavy atom. The van der Waals surface area contributed by atoms with Crippen molar-refractivity contribution in [3.63, 3.8) is 0 Å². The summed E-state index contributed by atoms with van der Waals surface area (Å²) in [5.74, 6) is -0.522. The molecule has 2 aliphatic rings. The van der Waals surface area contributed by atoms with Gasteiger partial charge in [-0.1, -0.05) is 13.3 Å². The first-order chi connectivity index (χ1) is 8.97. The molecule has 108 valence electrons. The van der Waals surface area contributed by atoms with Crippen LogP contribution in [0.1, 0.15) is 45.4 Å². The minimum atomic E-state index is -0.624. The zero-order valence-electron chi connectivity index (χ0n) is 11.3. The van der Waals surface area contributed by atoms with Crippen molar-refractivity contribution < 1.29 is 19.8 Å². The number of rotatable bonds is 3. The molecule has 5 nitrogen and oxygen atoms in total. The molecule has 1 aliphatic heterocycles. The molecule has 0 spiro atoms. The fraction of sp³-hybridized carbons (Fsp3) is 0.857. The second kappa shape index (κ2) is 6.01. The predicted molar refractivity (Wildman–Crippen MR) is 69.0 cm³/mol. The molecule has 0 radical (unpaired) electrons. The molecule has 0 aromatic rings. The molecule has 2 rings (SSSR count). The third kappa shape index (κ3) is 3.54. The van der Waals surface area contributed by atoms with Crippen molar-refractivity contribution in [1.82, 2.24) is 5.32 Å². The number of nitrogens with one attached hydrogen (secondary N) is 1. The monoisotopic (exact) mass is 269 g/mol. The van der Waals surface area contributed by atoms with E-state index in [-0.39, 0.29) is 29.6 Å². The van der Waals surface area contributed by atoms with E-state index >= 15 is 0 Å². The van der Waals surface area contributed by atoms with Crippen LogP contribution >= 0.6 is 0 Å². The Balaban J connectivity index is 1.91. The third-order valence-electron chi connectivity index (χ3n) is 4.51. The van der Waals surface area contributed by atoms with Crippen LogP contribution in [0.3, 0.4) is 0 Å². The largest absolute Gasteiger partial charge is 0.393 e. The Kier molecular flexibility index (Phi) is 4.58. The highest BCUT2D eigenvalue weighted by Gasteiger charge is 2.36. The van der Waals surface area contributed by atoms with Crippen LogP contribution in [0.5, 0.6) is 0 Å². The third-order valence-corrected chi connectivity index (χ3v) is 4.51. The van der Waals surface area contributed by atoms with Crippen molar-refractivity contribution in [2.45, 2.75) is 57.7 Å². The van der Waals surface area contributed by atoms with E-state index in [1.807, 2.05) is 6.92 Å². The highest BCUT2D eigenvalue weighted by atomic mass is 16.3. The molecule has 1 saturated carbocycles. The normalized spacial score (nSPS) is 35.0. The van der Waals surface area contributed by atoms with Gasteiger partial charge < -0.3 is 10.2 Å². The van der Waals surface area contributed by atoms with Crippen molar-refractivity contribution >= 4 is 11.8 Å². The van der Waals surface area contributed by atoms with Crippen molar-refractivity contribution in [3.8, 4) is 0 Å².